The summed E-state index contributed by atoms with van der Waals surface area (Å²) in [6.07, 6.45) is 0.979. The zero-order valence-corrected chi connectivity index (χ0v) is 14.5. The van der Waals surface area contributed by atoms with Crippen LogP contribution < -0.4 is 14.8 Å². The van der Waals surface area contributed by atoms with Gasteiger partial charge in [-0.3, -0.25) is 4.79 Å². The maximum absolute atomic E-state index is 12.1. The van der Waals surface area contributed by atoms with Gasteiger partial charge in [0.2, 0.25) is 0 Å². The second kappa shape index (κ2) is 7.42. The number of amides is 2. The highest BCUT2D eigenvalue weighted by atomic mass is 16.5. The molecule has 2 N–H and O–H groups in total. The first-order chi connectivity index (χ1) is 11.3. The molecule has 2 amide bonds. The van der Waals surface area contributed by atoms with Crippen LogP contribution in [0.3, 0.4) is 0 Å². The van der Waals surface area contributed by atoms with Crippen LogP contribution in [0.5, 0.6) is 11.5 Å². The number of carboxylic acid groups (broad SMARTS) is 1. The number of carbonyl (C=O) groups is 2. The number of urea groups is 1. The highest BCUT2D eigenvalue weighted by Crippen LogP contribution is 2.34. The van der Waals surface area contributed by atoms with E-state index in [0.29, 0.717) is 5.75 Å². The molecule has 0 bridgehead atoms. The molecule has 24 heavy (non-hydrogen) atoms. The van der Waals surface area contributed by atoms with Gasteiger partial charge in [-0.15, -0.1) is 0 Å². The zero-order chi connectivity index (χ0) is 17.9. The first kappa shape index (κ1) is 17.9. The molecule has 0 radical (unpaired) electrons. The van der Waals surface area contributed by atoms with Gasteiger partial charge in [0, 0.05) is 37.7 Å². The van der Waals surface area contributed by atoms with Crippen molar-refractivity contribution in [3.8, 4) is 11.5 Å². The summed E-state index contributed by atoms with van der Waals surface area (Å²) in [4.78, 5) is 24.3. The Bertz CT molecular complexity index is 632. The van der Waals surface area contributed by atoms with Crippen LogP contribution in [0.2, 0.25) is 0 Å². The van der Waals surface area contributed by atoms with Crippen LogP contribution in [-0.2, 0) is 17.8 Å². The smallest absolute Gasteiger partial charge is 0.317 e. The van der Waals surface area contributed by atoms with E-state index >= 15 is 0 Å². The lowest BCUT2D eigenvalue weighted by molar-refractivity contribution is -0.141. The Balaban J connectivity index is 2.00. The van der Waals surface area contributed by atoms with Gasteiger partial charge in [-0.25, -0.2) is 4.79 Å². The molecule has 2 atom stereocenters. The van der Waals surface area contributed by atoms with Crippen molar-refractivity contribution in [2.75, 3.05) is 20.7 Å². The van der Waals surface area contributed by atoms with Crippen molar-refractivity contribution in [3.63, 3.8) is 0 Å². The third-order valence-corrected chi connectivity index (χ3v) is 4.05. The molecule has 2 unspecified atom stereocenters. The number of carboxylic acids is 1. The van der Waals surface area contributed by atoms with Crippen LogP contribution in [0, 0.1) is 5.92 Å². The summed E-state index contributed by atoms with van der Waals surface area (Å²) in [5, 5.41) is 11.7. The predicted octanol–water partition coefficient (Wildman–Crippen LogP) is 1.88. The van der Waals surface area contributed by atoms with Gasteiger partial charge in [0.15, 0.2) is 0 Å². The number of carbonyl (C=O) groups excluding carboxylic acids is 1. The van der Waals surface area contributed by atoms with Crippen LogP contribution in [0.25, 0.3) is 0 Å². The van der Waals surface area contributed by atoms with Crippen LogP contribution in [0.1, 0.15) is 25.0 Å². The zero-order valence-electron chi connectivity index (χ0n) is 14.5. The van der Waals surface area contributed by atoms with Gasteiger partial charge in [-0.1, -0.05) is 6.92 Å². The van der Waals surface area contributed by atoms with Gasteiger partial charge in [0.05, 0.1) is 13.0 Å². The number of aliphatic carboxylic acids is 1. The lowest BCUT2D eigenvalue weighted by atomic mass is 10.1. The maximum Gasteiger partial charge on any atom is 0.317 e. The Morgan fingerprint density at radius 1 is 1.50 bits per heavy atom. The van der Waals surface area contributed by atoms with Gasteiger partial charge >= 0.3 is 12.0 Å². The van der Waals surface area contributed by atoms with E-state index in [2.05, 4.69) is 5.32 Å². The van der Waals surface area contributed by atoms with E-state index in [1.54, 1.807) is 21.1 Å². The number of hydrogen-bond donors (Lipinski definition) is 2. The van der Waals surface area contributed by atoms with Crippen molar-refractivity contribution in [2.45, 2.75) is 32.9 Å². The Kier molecular flexibility index (Phi) is 5.54. The van der Waals surface area contributed by atoms with Gasteiger partial charge in [-0.2, -0.15) is 0 Å². The van der Waals surface area contributed by atoms with Crippen molar-refractivity contribution >= 4 is 12.0 Å². The summed E-state index contributed by atoms with van der Waals surface area (Å²) in [6.45, 7) is 3.99. The number of nitrogens with zero attached hydrogens (tertiary/aromatic N) is 1. The van der Waals surface area contributed by atoms with Crippen molar-refractivity contribution < 1.29 is 24.2 Å². The minimum Gasteiger partial charge on any atom is -0.496 e. The Hall–Kier alpha value is -2.44. The number of benzene rings is 1. The monoisotopic (exact) mass is 336 g/mol. The molecule has 1 aliphatic heterocycles. The summed E-state index contributed by atoms with van der Waals surface area (Å²) < 4.78 is 11.1. The molecule has 0 aliphatic carbocycles. The largest absolute Gasteiger partial charge is 0.496 e. The molecule has 7 heteroatoms. The third kappa shape index (κ3) is 4.10. The molecule has 0 saturated carbocycles. The molecule has 0 aromatic heterocycles. The summed E-state index contributed by atoms with van der Waals surface area (Å²) in [5.74, 6) is -0.0277. The topological polar surface area (TPSA) is 88.1 Å². The van der Waals surface area contributed by atoms with Crippen LogP contribution in [0.15, 0.2) is 12.1 Å². The fourth-order valence-electron chi connectivity index (χ4n) is 2.69. The van der Waals surface area contributed by atoms with Gasteiger partial charge in [-0.05, 0) is 19.1 Å². The van der Waals surface area contributed by atoms with Crippen LogP contribution >= 0.6 is 0 Å². The quantitative estimate of drug-likeness (QED) is 0.828. The standard InChI is InChI=1S/C17H24N2O5/c1-10(16(20)21)9-19(3)17(22)18-8-13-7-15-12(5-11(2)24-15)6-14(13)23-4/h6-7,10-11H,5,8-9H2,1-4H3,(H,18,22)(H,20,21). The number of nitrogens with one attached hydrogen (secondary N) is 1. The minimum absolute atomic E-state index is 0.137. The van der Waals surface area contributed by atoms with Crippen molar-refractivity contribution in [3.05, 3.63) is 23.3 Å². The first-order valence-electron chi connectivity index (χ1n) is 7.90. The van der Waals surface area contributed by atoms with Gasteiger partial charge in [0.1, 0.15) is 17.6 Å². The number of hydrogen-bond acceptors (Lipinski definition) is 4. The average molecular weight is 336 g/mol. The van der Waals surface area contributed by atoms with Crippen LogP contribution in [0.4, 0.5) is 4.79 Å². The Morgan fingerprint density at radius 2 is 2.21 bits per heavy atom. The molecule has 0 saturated heterocycles. The Morgan fingerprint density at radius 3 is 2.83 bits per heavy atom. The predicted molar refractivity (Wildman–Crippen MR) is 88.5 cm³/mol. The van der Waals surface area contributed by atoms with E-state index in [-0.39, 0.29) is 25.2 Å². The SMILES string of the molecule is COc1cc2c(cc1CNC(=O)N(C)CC(C)C(=O)O)OC(C)C2. The minimum atomic E-state index is -0.929. The molecule has 1 aromatic rings. The normalized spacial score (nSPS) is 16.8. The molecule has 0 spiro atoms. The summed E-state index contributed by atoms with van der Waals surface area (Å²) in [7, 11) is 3.16. The van der Waals surface area contributed by atoms with Gasteiger partial charge in [0.25, 0.3) is 0 Å². The van der Waals surface area contributed by atoms with Crippen molar-refractivity contribution in [1.82, 2.24) is 10.2 Å². The molecule has 0 fully saturated rings. The molecular formula is C17H24N2O5. The van der Waals surface area contributed by atoms with E-state index in [9.17, 15) is 9.59 Å². The highest BCUT2D eigenvalue weighted by molar-refractivity contribution is 5.75. The second-order valence-electron chi connectivity index (χ2n) is 6.18. The summed E-state index contributed by atoms with van der Waals surface area (Å²) in [5.41, 5.74) is 1.92. The average Bonchev–Trinajstić information content (AvgIpc) is 2.89. The summed E-state index contributed by atoms with van der Waals surface area (Å²) in [6, 6.07) is 3.49. The molecule has 1 aliphatic rings. The van der Waals surface area contributed by atoms with Crippen LogP contribution in [-0.4, -0.2) is 48.8 Å². The Labute approximate surface area is 141 Å². The second-order valence-corrected chi connectivity index (χ2v) is 6.18. The van der Waals surface area contributed by atoms with Gasteiger partial charge < -0.3 is 24.8 Å². The first-order valence-corrected chi connectivity index (χ1v) is 7.90. The van der Waals surface area contributed by atoms with Crippen molar-refractivity contribution in [1.29, 1.82) is 0 Å². The molecule has 2 rings (SSSR count). The van der Waals surface area contributed by atoms with E-state index in [1.165, 1.54) is 4.90 Å². The fourth-order valence-corrected chi connectivity index (χ4v) is 2.69. The van der Waals surface area contributed by atoms with E-state index in [1.807, 2.05) is 19.1 Å². The molecule has 1 heterocycles. The number of methoxy groups -OCH3 is 1. The maximum atomic E-state index is 12.1. The molecule has 1 aromatic carbocycles. The highest BCUT2D eigenvalue weighted by Gasteiger charge is 2.22. The lowest BCUT2D eigenvalue weighted by Crippen LogP contribution is -2.40. The van der Waals surface area contributed by atoms with E-state index in [0.717, 1.165) is 23.3 Å². The number of fused-ring (bicyclic) bond motifs is 1. The lowest BCUT2D eigenvalue weighted by Gasteiger charge is -2.20. The number of ether oxygens (including phenoxy) is 2. The van der Waals surface area contributed by atoms with Crippen molar-refractivity contribution in [2.24, 2.45) is 5.92 Å². The number of rotatable bonds is 6. The summed E-state index contributed by atoms with van der Waals surface area (Å²) >= 11 is 0. The van der Waals surface area contributed by atoms with E-state index in [4.69, 9.17) is 14.6 Å². The molecular weight excluding hydrogens is 312 g/mol. The fraction of sp³-hybridized carbons (Fsp3) is 0.529. The third-order valence-electron chi connectivity index (χ3n) is 4.05. The molecule has 132 valence electrons. The molecule has 7 nitrogen and oxygen atoms in total. The van der Waals surface area contributed by atoms with E-state index < -0.39 is 11.9 Å².